The number of carbonyl (C=O) groups excluding carboxylic acids is 1. The van der Waals surface area contributed by atoms with Gasteiger partial charge in [0.1, 0.15) is 5.75 Å². The van der Waals surface area contributed by atoms with Crippen LogP contribution in [0.2, 0.25) is 0 Å². The van der Waals surface area contributed by atoms with Crippen LogP contribution >= 0.6 is 0 Å². The summed E-state index contributed by atoms with van der Waals surface area (Å²) in [6.45, 7) is 1.46. The summed E-state index contributed by atoms with van der Waals surface area (Å²) >= 11 is 0. The molecule has 0 aliphatic heterocycles. The van der Waals surface area contributed by atoms with Crippen molar-refractivity contribution in [2.24, 2.45) is 0 Å². The number of ether oxygens (including phenoxy) is 1. The largest absolute Gasteiger partial charge is 0.497 e. The first-order valence-corrected chi connectivity index (χ1v) is 8.29. The number of hydrogen-bond acceptors (Lipinski definition) is 3. The van der Waals surface area contributed by atoms with Crippen molar-refractivity contribution in [3.05, 3.63) is 54.1 Å². The molecular formula is C17H19NO3S. The van der Waals surface area contributed by atoms with Gasteiger partial charge in [-0.25, -0.2) is 0 Å². The minimum Gasteiger partial charge on any atom is -0.497 e. The quantitative estimate of drug-likeness (QED) is 0.891. The molecule has 4 nitrogen and oxygen atoms in total. The molecule has 22 heavy (non-hydrogen) atoms. The molecule has 0 bridgehead atoms. The smallest absolute Gasteiger partial charge is 0.221 e. The summed E-state index contributed by atoms with van der Waals surface area (Å²) < 4.78 is 17.4. The van der Waals surface area contributed by atoms with E-state index in [1.165, 1.54) is 6.92 Å². The Morgan fingerprint density at radius 3 is 2.27 bits per heavy atom. The lowest BCUT2D eigenvalue weighted by Crippen LogP contribution is -2.06. The summed E-state index contributed by atoms with van der Waals surface area (Å²) in [5.74, 6) is 1.26. The number of aryl methyl sites for hydroxylation is 1. The third-order valence-electron chi connectivity index (χ3n) is 3.17. The van der Waals surface area contributed by atoms with Gasteiger partial charge in [-0.3, -0.25) is 9.00 Å². The van der Waals surface area contributed by atoms with E-state index >= 15 is 0 Å². The highest BCUT2D eigenvalue weighted by Gasteiger charge is 2.05. The van der Waals surface area contributed by atoms with E-state index in [1.54, 1.807) is 31.4 Å². The van der Waals surface area contributed by atoms with Gasteiger partial charge in [-0.1, -0.05) is 12.1 Å². The molecule has 1 unspecified atom stereocenters. The van der Waals surface area contributed by atoms with Gasteiger partial charge < -0.3 is 10.1 Å². The third-order valence-corrected chi connectivity index (χ3v) is 4.55. The maximum Gasteiger partial charge on any atom is 0.221 e. The molecule has 2 aromatic carbocycles. The van der Waals surface area contributed by atoms with Crippen LogP contribution in [-0.2, 0) is 22.0 Å². The van der Waals surface area contributed by atoms with Gasteiger partial charge in [0.05, 0.1) is 17.9 Å². The molecule has 0 radical (unpaired) electrons. The lowest BCUT2D eigenvalue weighted by atomic mass is 10.2. The zero-order valence-corrected chi connectivity index (χ0v) is 13.5. The van der Waals surface area contributed by atoms with E-state index in [-0.39, 0.29) is 5.91 Å². The van der Waals surface area contributed by atoms with Crippen LogP contribution < -0.4 is 10.1 Å². The molecule has 0 aliphatic carbocycles. The average Bonchev–Trinajstić information content (AvgIpc) is 2.53. The molecule has 0 spiro atoms. The standard InChI is InChI=1S/C17H19NO3S/c1-13(19)18-15-5-9-17(10-6-15)22(20)12-11-14-3-7-16(21-2)8-4-14/h3-10H,11-12H2,1-2H3,(H,18,19). The molecule has 0 aromatic heterocycles. The van der Waals surface area contributed by atoms with Crippen molar-refractivity contribution in [3.63, 3.8) is 0 Å². The van der Waals surface area contributed by atoms with E-state index in [0.29, 0.717) is 11.4 Å². The second kappa shape index (κ2) is 7.75. The van der Waals surface area contributed by atoms with Crippen LogP contribution in [0.25, 0.3) is 0 Å². The zero-order valence-electron chi connectivity index (χ0n) is 12.7. The Balaban J connectivity index is 1.92. The number of anilines is 1. The van der Waals surface area contributed by atoms with Crippen molar-refractivity contribution in [2.75, 3.05) is 18.2 Å². The lowest BCUT2D eigenvalue weighted by molar-refractivity contribution is -0.114. The first-order valence-electron chi connectivity index (χ1n) is 6.97. The molecule has 2 rings (SSSR count). The second-order valence-corrected chi connectivity index (χ2v) is 6.42. The number of hydrogen-bond donors (Lipinski definition) is 1. The van der Waals surface area contributed by atoms with Gasteiger partial charge in [-0.2, -0.15) is 0 Å². The van der Waals surface area contributed by atoms with E-state index in [9.17, 15) is 9.00 Å². The van der Waals surface area contributed by atoms with Gasteiger partial charge in [0.15, 0.2) is 0 Å². The molecule has 0 saturated carbocycles. The Bertz CT molecular complexity index is 651. The lowest BCUT2D eigenvalue weighted by Gasteiger charge is -2.06. The van der Waals surface area contributed by atoms with Gasteiger partial charge in [0.2, 0.25) is 5.91 Å². The Morgan fingerprint density at radius 2 is 1.73 bits per heavy atom. The molecule has 1 amide bonds. The van der Waals surface area contributed by atoms with Crippen LogP contribution in [0.15, 0.2) is 53.4 Å². The van der Waals surface area contributed by atoms with Crippen LogP contribution in [0.5, 0.6) is 5.75 Å². The summed E-state index contributed by atoms with van der Waals surface area (Å²) in [5.41, 5.74) is 1.84. The molecule has 0 heterocycles. The number of rotatable bonds is 6. The van der Waals surface area contributed by atoms with Crippen molar-refractivity contribution < 1.29 is 13.7 Å². The molecule has 1 atom stereocenters. The Hall–Kier alpha value is -2.14. The molecule has 0 saturated heterocycles. The molecule has 116 valence electrons. The summed E-state index contributed by atoms with van der Waals surface area (Å²) in [6, 6.07) is 14.9. The van der Waals surface area contributed by atoms with Gasteiger partial charge in [-0.15, -0.1) is 0 Å². The maximum atomic E-state index is 12.3. The number of carbonyl (C=O) groups is 1. The molecule has 0 fully saturated rings. The summed E-state index contributed by atoms with van der Waals surface area (Å²) in [5, 5.41) is 2.69. The normalized spacial score (nSPS) is 11.7. The first kappa shape index (κ1) is 16.2. The summed E-state index contributed by atoms with van der Waals surface area (Å²) in [4.78, 5) is 11.7. The minimum atomic E-state index is -1.06. The molecular weight excluding hydrogens is 298 g/mol. The van der Waals surface area contributed by atoms with Gasteiger partial charge in [0.25, 0.3) is 0 Å². The van der Waals surface area contributed by atoms with E-state index in [1.807, 2.05) is 24.3 Å². The maximum absolute atomic E-state index is 12.3. The minimum absolute atomic E-state index is 0.117. The van der Waals surface area contributed by atoms with Crippen LogP contribution in [-0.4, -0.2) is 23.0 Å². The van der Waals surface area contributed by atoms with E-state index in [2.05, 4.69) is 5.32 Å². The monoisotopic (exact) mass is 317 g/mol. The fourth-order valence-electron chi connectivity index (χ4n) is 2.01. The molecule has 1 N–H and O–H groups in total. The SMILES string of the molecule is COc1ccc(CCS(=O)c2ccc(NC(C)=O)cc2)cc1. The average molecular weight is 317 g/mol. The van der Waals surface area contributed by atoms with Crippen molar-refractivity contribution >= 4 is 22.4 Å². The first-order chi connectivity index (χ1) is 10.6. The topological polar surface area (TPSA) is 55.4 Å². The third kappa shape index (κ3) is 4.70. The number of methoxy groups -OCH3 is 1. The van der Waals surface area contributed by atoms with E-state index in [0.717, 1.165) is 22.6 Å². The van der Waals surface area contributed by atoms with Gasteiger partial charge >= 0.3 is 0 Å². The van der Waals surface area contributed by atoms with E-state index in [4.69, 9.17) is 4.74 Å². The Morgan fingerprint density at radius 1 is 1.09 bits per heavy atom. The predicted molar refractivity (Wildman–Crippen MR) is 88.7 cm³/mol. The van der Waals surface area contributed by atoms with Crippen molar-refractivity contribution in [1.29, 1.82) is 0 Å². The molecule has 2 aromatic rings. The van der Waals surface area contributed by atoms with Crippen LogP contribution in [0, 0.1) is 0 Å². The second-order valence-electron chi connectivity index (χ2n) is 4.85. The molecule has 5 heteroatoms. The fraction of sp³-hybridized carbons (Fsp3) is 0.235. The van der Waals surface area contributed by atoms with Crippen molar-refractivity contribution in [1.82, 2.24) is 0 Å². The van der Waals surface area contributed by atoms with Crippen molar-refractivity contribution in [3.8, 4) is 5.75 Å². The predicted octanol–water partition coefficient (Wildman–Crippen LogP) is 3.00. The Labute approximate surface area is 133 Å². The fourth-order valence-corrected chi connectivity index (χ4v) is 3.11. The van der Waals surface area contributed by atoms with Gasteiger partial charge in [0, 0.05) is 23.3 Å². The highest BCUT2D eigenvalue weighted by Crippen LogP contribution is 2.15. The summed E-state index contributed by atoms with van der Waals surface area (Å²) in [6.07, 6.45) is 0.740. The number of amides is 1. The van der Waals surface area contributed by atoms with Crippen LogP contribution in [0.3, 0.4) is 0 Å². The van der Waals surface area contributed by atoms with Gasteiger partial charge in [-0.05, 0) is 48.4 Å². The number of benzene rings is 2. The van der Waals surface area contributed by atoms with Crippen LogP contribution in [0.1, 0.15) is 12.5 Å². The molecule has 0 aliphatic rings. The highest BCUT2D eigenvalue weighted by atomic mass is 32.2. The van der Waals surface area contributed by atoms with Crippen LogP contribution in [0.4, 0.5) is 5.69 Å². The van der Waals surface area contributed by atoms with Crippen molar-refractivity contribution in [2.45, 2.75) is 18.2 Å². The Kier molecular flexibility index (Phi) is 5.72. The highest BCUT2D eigenvalue weighted by molar-refractivity contribution is 7.85. The van der Waals surface area contributed by atoms with E-state index < -0.39 is 10.8 Å². The number of nitrogens with one attached hydrogen (secondary N) is 1. The summed E-state index contributed by atoms with van der Waals surface area (Å²) in [7, 11) is 0.578. The zero-order chi connectivity index (χ0) is 15.9.